The van der Waals surface area contributed by atoms with E-state index in [2.05, 4.69) is 60.7 Å². The van der Waals surface area contributed by atoms with Gasteiger partial charge in [-0.3, -0.25) is 4.79 Å². The van der Waals surface area contributed by atoms with Gasteiger partial charge in [-0.1, -0.05) is 45.7 Å². The van der Waals surface area contributed by atoms with Crippen molar-refractivity contribution in [2.75, 3.05) is 0 Å². The molecular formula is C21H17Br2NO. The quantitative estimate of drug-likeness (QED) is 0.292. The number of aldehydes is 1. The zero-order valence-corrected chi connectivity index (χ0v) is 17.1. The largest absolute Gasteiger partial charge is 0.309 e. The maximum atomic E-state index is 10.9. The molecule has 0 spiro atoms. The summed E-state index contributed by atoms with van der Waals surface area (Å²) in [7, 11) is 0. The van der Waals surface area contributed by atoms with Gasteiger partial charge in [0.25, 0.3) is 0 Å². The Kier molecular flexibility index (Phi) is 5.40. The molecule has 0 radical (unpaired) electrons. The van der Waals surface area contributed by atoms with Gasteiger partial charge in [0.15, 0.2) is 0 Å². The lowest BCUT2D eigenvalue weighted by atomic mass is 10.2. The van der Waals surface area contributed by atoms with Crippen molar-refractivity contribution in [2.24, 2.45) is 0 Å². The molecule has 2 nitrogen and oxygen atoms in total. The molecule has 0 bridgehead atoms. The summed E-state index contributed by atoms with van der Waals surface area (Å²) in [5.74, 6) is 0. The van der Waals surface area contributed by atoms with Crippen LogP contribution in [0.2, 0.25) is 0 Å². The average Bonchev–Trinajstić information content (AvgIpc) is 2.96. The molecule has 0 saturated carbocycles. The summed E-state index contributed by atoms with van der Waals surface area (Å²) in [6.45, 7) is 4.00. The third kappa shape index (κ3) is 3.29. The van der Waals surface area contributed by atoms with Gasteiger partial charge in [-0.15, -0.1) is 0 Å². The molecular weight excluding hydrogens is 442 g/mol. The van der Waals surface area contributed by atoms with Crippen LogP contribution in [0.5, 0.6) is 0 Å². The van der Waals surface area contributed by atoms with Gasteiger partial charge in [-0.05, 0) is 60.7 Å². The van der Waals surface area contributed by atoms with Gasteiger partial charge >= 0.3 is 0 Å². The van der Waals surface area contributed by atoms with Crippen LogP contribution in [0.25, 0.3) is 27.5 Å². The number of benzene rings is 3. The van der Waals surface area contributed by atoms with Crippen LogP contribution < -0.4 is 0 Å². The molecule has 1 heterocycles. The Hall–Kier alpha value is -1.91. The molecule has 0 N–H and O–H groups in total. The molecule has 1 aromatic heterocycles. The minimum Gasteiger partial charge on any atom is -0.309 e. The van der Waals surface area contributed by atoms with E-state index in [9.17, 15) is 4.79 Å². The fourth-order valence-electron chi connectivity index (χ4n) is 2.95. The Labute approximate surface area is 163 Å². The lowest BCUT2D eigenvalue weighted by Crippen LogP contribution is -1.94. The van der Waals surface area contributed by atoms with Crippen LogP contribution in [0.15, 0.2) is 69.6 Å². The standard InChI is InChI=1S/C19H11Br2NO.C2H6/c20-13-3-7-18-16(9-13)17-10-14(21)4-8-19(17)22(18)15-5-1-12(11-23)2-6-15;1-2/h1-11H;1-2H3. The predicted octanol–water partition coefficient (Wildman–Crippen LogP) is 7.15. The molecule has 4 heteroatoms. The van der Waals surface area contributed by atoms with Crippen molar-refractivity contribution >= 4 is 60.0 Å². The number of fused-ring (bicyclic) bond motifs is 3. The Morgan fingerprint density at radius 2 is 1.24 bits per heavy atom. The zero-order chi connectivity index (χ0) is 18.0. The highest BCUT2D eigenvalue weighted by molar-refractivity contribution is 9.10. The van der Waals surface area contributed by atoms with E-state index in [1.165, 1.54) is 10.8 Å². The van der Waals surface area contributed by atoms with Crippen molar-refractivity contribution in [1.29, 1.82) is 0 Å². The normalized spacial score (nSPS) is 10.6. The second kappa shape index (κ2) is 7.54. The Morgan fingerprint density at radius 3 is 1.68 bits per heavy atom. The predicted molar refractivity (Wildman–Crippen MR) is 113 cm³/mol. The van der Waals surface area contributed by atoms with Crippen LogP contribution in [0, 0.1) is 0 Å². The number of halogens is 2. The van der Waals surface area contributed by atoms with Crippen LogP contribution in [0.3, 0.4) is 0 Å². The van der Waals surface area contributed by atoms with Gasteiger partial charge in [-0.2, -0.15) is 0 Å². The number of rotatable bonds is 2. The highest BCUT2D eigenvalue weighted by Crippen LogP contribution is 2.35. The molecule has 0 aliphatic heterocycles. The topological polar surface area (TPSA) is 22.0 Å². The smallest absolute Gasteiger partial charge is 0.150 e. The van der Waals surface area contributed by atoms with Gasteiger partial charge < -0.3 is 4.57 Å². The lowest BCUT2D eigenvalue weighted by molar-refractivity contribution is 0.112. The van der Waals surface area contributed by atoms with E-state index in [0.29, 0.717) is 5.56 Å². The first-order chi connectivity index (χ1) is 12.2. The average molecular weight is 459 g/mol. The maximum absolute atomic E-state index is 10.9. The van der Waals surface area contributed by atoms with Crippen molar-refractivity contribution < 1.29 is 4.79 Å². The van der Waals surface area contributed by atoms with Crippen LogP contribution in [0.1, 0.15) is 24.2 Å². The first kappa shape index (κ1) is 17.9. The first-order valence-electron chi connectivity index (χ1n) is 8.12. The molecule has 3 aromatic carbocycles. The SMILES string of the molecule is CC.O=Cc1ccc(-n2c3ccc(Br)cc3c3cc(Br)ccc32)cc1. The summed E-state index contributed by atoms with van der Waals surface area (Å²) in [4.78, 5) is 10.9. The highest BCUT2D eigenvalue weighted by Gasteiger charge is 2.12. The summed E-state index contributed by atoms with van der Waals surface area (Å²) in [6.07, 6.45) is 0.865. The Bertz CT molecular complexity index is 990. The Balaban J connectivity index is 0.000000880. The van der Waals surface area contributed by atoms with Gasteiger partial charge in [0.2, 0.25) is 0 Å². The first-order valence-corrected chi connectivity index (χ1v) is 9.71. The lowest BCUT2D eigenvalue weighted by Gasteiger charge is -2.08. The molecule has 0 aliphatic rings. The van der Waals surface area contributed by atoms with Crippen LogP contribution in [0.4, 0.5) is 0 Å². The molecule has 0 saturated heterocycles. The van der Waals surface area contributed by atoms with Crippen molar-refractivity contribution in [1.82, 2.24) is 4.57 Å². The minimum absolute atomic E-state index is 0.681. The van der Waals surface area contributed by atoms with Crippen molar-refractivity contribution in [3.05, 3.63) is 75.2 Å². The van der Waals surface area contributed by atoms with E-state index in [1.54, 1.807) is 0 Å². The van der Waals surface area contributed by atoms with Gasteiger partial charge in [-0.25, -0.2) is 0 Å². The number of carbonyl (C=O) groups is 1. The monoisotopic (exact) mass is 457 g/mol. The molecule has 4 aromatic rings. The van der Waals surface area contributed by atoms with Gasteiger partial charge in [0.05, 0.1) is 11.0 Å². The minimum atomic E-state index is 0.681. The number of hydrogen-bond donors (Lipinski definition) is 0. The zero-order valence-electron chi connectivity index (χ0n) is 14.0. The molecule has 0 amide bonds. The van der Waals surface area contributed by atoms with Crippen LogP contribution in [-0.2, 0) is 0 Å². The fraction of sp³-hybridized carbons (Fsp3) is 0.0952. The van der Waals surface area contributed by atoms with E-state index in [0.717, 1.165) is 32.0 Å². The number of aromatic nitrogens is 1. The number of hydrogen-bond acceptors (Lipinski definition) is 1. The Morgan fingerprint density at radius 1 is 0.760 bits per heavy atom. The van der Waals surface area contributed by atoms with Gasteiger partial charge in [0.1, 0.15) is 6.29 Å². The summed E-state index contributed by atoms with van der Waals surface area (Å²) in [5.41, 5.74) is 4.00. The highest BCUT2D eigenvalue weighted by atomic mass is 79.9. The molecule has 0 fully saturated rings. The van der Waals surface area contributed by atoms with Gasteiger partial charge in [0, 0.05) is 31.0 Å². The third-order valence-corrected chi connectivity index (χ3v) is 4.96. The molecule has 0 atom stereocenters. The number of carbonyl (C=O) groups excluding carboxylic acids is 1. The second-order valence-electron chi connectivity index (χ2n) is 5.37. The number of nitrogens with zero attached hydrogens (tertiary/aromatic N) is 1. The van der Waals surface area contributed by atoms with E-state index in [4.69, 9.17) is 0 Å². The molecule has 126 valence electrons. The molecule has 0 aliphatic carbocycles. The van der Waals surface area contributed by atoms with E-state index < -0.39 is 0 Å². The summed E-state index contributed by atoms with van der Waals surface area (Å²) in [6, 6.07) is 20.2. The van der Waals surface area contributed by atoms with E-state index in [1.807, 2.05) is 50.2 Å². The fourth-order valence-corrected chi connectivity index (χ4v) is 3.67. The molecule has 4 rings (SSSR count). The molecule has 0 unspecified atom stereocenters. The molecule has 25 heavy (non-hydrogen) atoms. The summed E-state index contributed by atoms with van der Waals surface area (Å²) >= 11 is 7.12. The summed E-state index contributed by atoms with van der Waals surface area (Å²) < 4.78 is 4.33. The third-order valence-electron chi connectivity index (χ3n) is 3.98. The summed E-state index contributed by atoms with van der Waals surface area (Å²) in [5, 5.41) is 2.38. The van der Waals surface area contributed by atoms with Crippen molar-refractivity contribution in [2.45, 2.75) is 13.8 Å². The van der Waals surface area contributed by atoms with E-state index >= 15 is 0 Å². The van der Waals surface area contributed by atoms with Crippen molar-refractivity contribution in [3.8, 4) is 5.69 Å². The van der Waals surface area contributed by atoms with E-state index in [-0.39, 0.29) is 0 Å². The van der Waals surface area contributed by atoms with Crippen LogP contribution >= 0.6 is 31.9 Å². The second-order valence-corrected chi connectivity index (χ2v) is 7.20. The van der Waals surface area contributed by atoms with Crippen LogP contribution in [-0.4, -0.2) is 10.9 Å². The van der Waals surface area contributed by atoms with Crippen molar-refractivity contribution in [3.63, 3.8) is 0 Å². The maximum Gasteiger partial charge on any atom is 0.150 e.